The summed E-state index contributed by atoms with van der Waals surface area (Å²) in [6.07, 6.45) is -2.72. The normalized spacial score (nSPS) is 15.8. The van der Waals surface area contributed by atoms with Crippen molar-refractivity contribution in [1.82, 2.24) is 0 Å². The van der Waals surface area contributed by atoms with Crippen LogP contribution in [0.2, 0.25) is 0 Å². The molecule has 0 saturated carbocycles. The molecule has 37 heavy (non-hydrogen) atoms. The minimum absolute atomic E-state index is 0. The predicted octanol–water partition coefficient (Wildman–Crippen LogP) is 2.50. The maximum absolute atomic E-state index is 9.77. The van der Waals surface area contributed by atoms with Crippen LogP contribution < -0.4 is 0 Å². The van der Waals surface area contributed by atoms with Crippen molar-refractivity contribution in [1.29, 1.82) is 0 Å². The summed E-state index contributed by atoms with van der Waals surface area (Å²) in [5.41, 5.74) is 0. The minimum atomic E-state index is -1.36. The van der Waals surface area contributed by atoms with Gasteiger partial charge in [-0.1, -0.05) is 57.9 Å². The van der Waals surface area contributed by atoms with Gasteiger partial charge in [0, 0.05) is 13.2 Å². The van der Waals surface area contributed by atoms with Crippen LogP contribution in [0.25, 0.3) is 0 Å². The first-order valence-corrected chi connectivity index (χ1v) is 11.3. The molecule has 8 N–H and O–H groups in total. The molecule has 0 radical (unpaired) electrons. The van der Waals surface area contributed by atoms with E-state index in [0.717, 1.165) is 12.8 Å². The zero-order chi connectivity index (χ0) is 23.6. The van der Waals surface area contributed by atoms with Crippen LogP contribution in [-0.2, 0) is 9.47 Å². The number of unbranched alkanes of at least 4 members (excludes halogenated alkanes) is 2. The van der Waals surface area contributed by atoms with Crippen LogP contribution in [0.5, 0.6) is 0 Å². The molecule has 0 aliphatic rings. The Balaban J connectivity index is -0.000000300. The van der Waals surface area contributed by atoms with Crippen LogP contribution in [0.1, 0.15) is 103 Å². The van der Waals surface area contributed by atoms with E-state index in [1.165, 1.54) is 0 Å². The zero-order valence-electron chi connectivity index (χ0n) is 18.6. The molecule has 0 heterocycles. The van der Waals surface area contributed by atoms with Gasteiger partial charge in [0.2, 0.25) is 0 Å². The fourth-order valence-corrected chi connectivity index (χ4v) is 3.09. The molecule has 0 bridgehead atoms. The van der Waals surface area contributed by atoms with Crippen LogP contribution >= 0.6 is 0 Å². The second-order valence-corrected chi connectivity index (χ2v) is 7.96. The van der Waals surface area contributed by atoms with Gasteiger partial charge >= 0.3 is 0 Å². The van der Waals surface area contributed by atoms with Crippen LogP contribution in [-0.4, -0.2) is 117 Å². The monoisotopic (exact) mass is 552 g/mol. The Morgan fingerprint density at radius 1 is 0.541 bits per heavy atom. The highest BCUT2D eigenvalue weighted by molar-refractivity contribution is 4.75. The summed E-state index contributed by atoms with van der Waals surface area (Å²) in [6.45, 7) is 2.24. The Labute approximate surface area is 229 Å². The van der Waals surface area contributed by atoms with E-state index in [0.29, 0.717) is 58.3 Å². The predicted molar refractivity (Wildman–Crippen MR) is 154 cm³/mol. The molecular formula is C27H68O10. The summed E-state index contributed by atoms with van der Waals surface area (Å²) in [5, 5.41) is 74.8. The molecule has 0 rings (SSSR count). The highest BCUT2D eigenvalue weighted by Gasteiger charge is 2.24. The van der Waals surface area contributed by atoms with E-state index in [-0.39, 0.29) is 50.7 Å². The Morgan fingerprint density at radius 2 is 0.946 bits per heavy atom. The van der Waals surface area contributed by atoms with Crippen molar-refractivity contribution in [2.75, 3.05) is 33.0 Å². The van der Waals surface area contributed by atoms with E-state index in [1.807, 2.05) is 6.92 Å². The van der Waals surface area contributed by atoms with Crippen LogP contribution in [0.4, 0.5) is 0 Å². The van der Waals surface area contributed by atoms with Crippen molar-refractivity contribution in [3.63, 3.8) is 0 Å². The molecule has 0 aromatic rings. The SMILES string of the molecule is C.C.C.C.C.C.CCCC(COCCCCC(O)C(O)C(O)CO)OCCCCC(O)C(O)C(O)CO. The van der Waals surface area contributed by atoms with Gasteiger partial charge in [-0.2, -0.15) is 0 Å². The van der Waals surface area contributed by atoms with Crippen molar-refractivity contribution in [3.05, 3.63) is 0 Å². The molecule has 0 saturated heterocycles. The molecule has 0 aromatic heterocycles. The lowest BCUT2D eigenvalue weighted by Crippen LogP contribution is -2.39. The Hall–Kier alpha value is -0.400. The molecule has 10 heteroatoms. The first kappa shape index (κ1) is 52.9. The molecule has 7 atom stereocenters. The maximum atomic E-state index is 9.77. The molecule has 0 spiro atoms. The van der Waals surface area contributed by atoms with E-state index in [2.05, 4.69) is 0 Å². The number of aliphatic hydroxyl groups excluding tert-OH is 8. The lowest BCUT2D eigenvalue weighted by Gasteiger charge is -2.22. The third-order valence-electron chi connectivity index (χ3n) is 5.15. The number of hydrogen-bond donors (Lipinski definition) is 8. The van der Waals surface area contributed by atoms with Gasteiger partial charge in [-0.15, -0.1) is 0 Å². The smallest absolute Gasteiger partial charge is 0.108 e. The van der Waals surface area contributed by atoms with E-state index < -0.39 is 49.8 Å². The topological polar surface area (TPSA) is 180 Å². The summed E-state index contributed by atoms with van der Waals surface area (Å²) < 4.78 is 11.5. The Bertz CT molecular complexity index is 403. The van der Waals surface area contributed by atoms with Gasteiger partial charge in [-0.25, -0.2) is 0 Å². The van der Waals surface area contributed by atoms with E-state index in [1.54, 1.807) is 0 Å². The number of ether oxygens (including phenoxy) is 2. The average molecular weight is 553 g/mol. The van der Waals surface area contributed by atoms with Crippen molar-refractivity contribution in [2.45, 2.75) is 146 Å². The van der Waals surface area contributed by atoms with E-state index in [4.69, 9.17) is 19.7 Å². The minimum Gasteiger partial charge on any atom is -0.394 e. The average Bonchev–Trinajstić information content (AvgIpc) is 2.78. The second kappa shape index (κ2) is 33.6. The molecule has 236 valence electrons. The van der Waals surface area contributed by atoms with Gasteiger partial charge in [0.25, 0.3) is 0 Å². The maximum Gasteiger partial charge on any atom is 0.108 e. The lowest BCUT2D eigenvalue weighted by molar-refractivity contribution is -0.0799. The molecule has 7 unspecified atom stereocenters. The molecule has 0 aromatic carbocycles. The molecule has 0 fully saturated rings. The summed E-state index contributed by atoms with van der Waals surface area (Å²) in [7, 11) is 0. The third kappa shape index (κ3) is 25.6. The first-order valence-electron chi connectivity index (χ1n) is 11.3. The van der Waals surface area contributed by atoms with Gasteiger partial charge in [0.1, 0.15) is 24.4 Å². The fraction of sp³-hybridized carbons (Fsp3) is 1.00. The van der Waals surface area contributed by atoms with Crippen LogP contribution in [0.3, 0.4) is 0 Å². The van der Waals surface area contributed by atoms with E-state index in [9.17, 15) is 30.6 Å². The zero-order valence-corrected chi connectivity index (χ0v) is 18.6. The van der Waals surface area contributed by atoms with Crippen molar-refractivity contribution in [2.24, 2.45) is 0 Å². The van der Waals surface area contributed by atoms with Crippen molar-refractivity contribution < 1.29 is 50.3 Å². The summed E-state index contributed by atoms with van der Waals surface area (Å²) >= 11 is 0. The lowest BCUT2D eigenvalue weighted by atomic mass is 10.0. The first-order chi connectivity index (χ1) is 14.8. The number of rotatable bonds is 21. The number of hydrogen-bond acceptors (Lipinski definition) is 10. The van der Waals surface area contributed by atoms with Crippen molar-refractivity contribution >= 4 is 0 Å². The number of aliphatic hydroxyl groups is 8. The van der Waals surface area contributed by atoms with E-state index >= 15 is 0 Å². The fourth-order valence-electron chi connectivity index (χ4n) is 3.09. The van der Waals surface area contributed by atoms with Crippen LogP contribution in [0, 0.1) is 0 Å². The highest BCUT2D eigenvalue weighted by Crippen LogP contribution is 2.11. The molecule has 0 aliphatic carbocycles. The van der Waals surface area contributed by atoms with Gasteiger partial charge in [0.05, 0.1) is 38.1 Å². The summed E-state index contributed by atoms with van der Waals surface area (Å²) in [5.74, 6) is 0. The quantitative estimate of drug-likeness (QED) is 0.0986. The van der Waals surface area contributed by atoms with Crippen molar-refractivity contribution in [3.8, 4) is 0 Å². The van der Waals surface area contributed by atoms with Gasteiger partial charge in [-0.3, -0.25) is 0 Å². The van der Waals surface area contributed by atoms with Crippen LogP contribution in [0.15, 0.2) is 0 Å². The Morgan fingerprint density at radius 3 is 1.32 bits per heavy atom. The molecule has 0 amide bonds. The third-order valence-corrected chi connectivity index (χ3v) is 5.15. The standard InChI is InChI=1S/C21H44O10.6CH4/c1-2-7-15(31-11-6-4-9-17(25)21(29)19(27)13-23)14-30-10-5-3-8-16(24)20(28)18(26)12-22;;;;;;/h15-29H,2-14H2,1H3;6*1H4. The van der Waals surface area contributed by atoms with Gasteiger partial charge in [0.15, 0.2) is 0 Å². The Kier molecular flexibility index (Phi) is 48.1. The molecule has 10 nitrogen and oxygen atoms in total. The van der Waals surface area contributed by atoms with Gasteiger partial charge in [-0.05, 0) is 44.9 Å². The molecular weight excluding hydrogens is 484 g/mol. The summed E-state index contributed by atoms with van der Waals surface area (Å²) in [4.78, 5) is 0. The second-order valence-electron chi connectivity index (χ2n) is 7.96. The highest BCUT2D eigenvalue weighted by atomic mass is 16.5. The largest absolute Gasteiger partial charge is 0.394 e. The summed E-state index contributed by atoms with van der Waals surface area (Å²) in [6, 6.07) is 0. The van der Waals surface area contributed by atoms with Gasteiger partial charge < -0.3 is 50.3 Å². The molecule has 0 aliphatic heterocycles.